The van der Waals surface area contributed by atoms with E-state index in [9.17, 15) is 4.79 Å². The lowest BCUT2D eigenvalue weighted by Gasteiger charge is -2.13. The van der Waals surface area contributed by atoms with E-state index in [2.05, 4.69) is 15.3 Å². The third-order valence-corrected chi connectivity index (χ3v) is 3.44. The largest absolute Gasteiger partial charge is 0.355 e. The van der Waals surface area contributed by atoms with Gasteiger partial charge in [0.05, 0.1) is 0 Å². The van der Waals surface area contributed by atoms with Gasteiger partial charge in [-0.3, -0.25) is 4.79 Å². The molecule has 0 aliphatic heterocycles. The normalized spacial score (nSPS) is 17.6. The van der Waals surface area contributed by atoms with Gasteiger partial charge in [0.1, 0.15) is 5.82 Å². The lowest BCUT2D eigenvalue weighted by atomic mass is 9.99. The summed E-state index contributed by atoms with van der Waals surface area (Å²) in [5.41, 5.74) is 0. The van der Waals surface area contributed by atoms with Crippen molar-refractivity contribution in [3.63, 3.8) is 0 Å². The number of amides is 1. The fourth-order valence-corrected chi connectivity index (χ4v) is 2.42. The second-order valence-electron chi connectivity index (χ2n) is 4.77. The van der Waals surface area contributed by atoms with Crippen molar-refractivity contribution in [2.24, 2.45) is 5.92 Å². The second kappa shape index (κ2) is 6.42. The van der Waals surface area contributed by atoms with Crippen molar-refractivity contribution in [3.8, 4) is 0 Å². The van der Waals surface area contributed by atoms with E-state index in [1.54, 1.807) is 6.20 Å². The van der Waals surface area contributed by atoms with Crippen LogP contribution in [0, 0.1) is 5.92 Å². The van der Waals surface area contributed by atoms with Crippen LogP contribution in [-0.2, 0) is 11.2 Å². The zero-order valence-corrected chi connectivity index (χ0v) is 10.2. The van der Waals surface area contributed by atoms with Gasteiger partial charge in [-0.05, 0) is 12.8 Å². The van der Waals surface area contributed by atoms with Gasteiger partial charge in [0, 0.05) is 31.3 Å². The molecule has 94 valence electrons. The SMILES string of the molecule is O=C(NCCc1ncc[nH]1)C1CCCCCC1. The van der Waals surface area contributed by atoms with Crippen molar-refractivity contribution in [3.05, 3.63) is 18.2 Å². The molecule has 4 heteroatoms. The minimum absolute atomic E-state index is 0.235. The van der Waals surface area contributed by atoms with Gasteiger partial charge in [-0.25, -0.2) is 4.98 Å². The Morgan fingerprint density at radius 3 is 2.76 bits per heavy atom. The molecular formula is C13H21N3O. The first-order valence-corrected chi connectivity index (χ1v) is 6.62. The first kappa shape index (κ1) is 12.1. The van der Waals surface area contributed by atoms with Gasteiger partial charge in [-0.2, -0.15) is 0 Å². The standard InChI is InChI=1S/C13H21N3O/c17-13(11-5-3-1-2-4-6-11)16-8-7-12-14-9-10-15-12/h9-11H,1-8H2,(H,14,15)(H,16,17). The number of imidazole rings is 1. The van der Waals surface area contributed by atoms with Gasteiger partial charge in [-0.15, -0.1) is 0 Å². The Hall–Kier alpha value is -1.32. The zero-order valence-electron chi connectivity index (χ0n) is 10.2. The number of hydrogen-bond donors (Lipinski definition) is 2. The first-order valence-electron chi connectivity index (χ1n) is 6.62. The number of aromatic amines is 1. The summed E-state index contributed by atoms with van der Waals surface area (Å²) >= 11 is 0. The Balaban J connectivity index is 1.69. The van der Waals surface area contributed by atoms with Crippen LogP contribution < -0.4 is 5.32 Å². The number of nitrogens with one attached hydrogen (secondary N) is 2. The smallest absolute Gasteiger partial charge is 0.223 e. The predicted molar refractivity (Wildman–Crippen MR) is 66.5 cm³/mol. The van der Waals surface area contributed by atoms with Crippen molar-refractivity contribution in [1.82, 2.24) is 15.3 Å². The Morgan fingerprint density at radius 2 is 2.12 bits per heavy atom. The summed E-state index contributed by atoms with van der Waals surface area (Å²) in [5.74, 6) is 1.42. The number of carbonyl (C=O) groups is 1. The van der Waals surface area contributed by atoms with Crippen LogP contribution in [0.5, 0.6) is 0 Å². The van der Waals surface area contributed by atoms with Crippen molar-refractivity contribution in [1.29, 1.82) is 0 Å². The quantitative estimate of drug-likeness (QED) is 0.785. The molecule has 1 heterocycles. The number of H-pyrrole nitrogens is 1. The second-order valence-corrected chi connectivity index (χ2v) is 4.77. The van der Waals surface area contributed by atoms with Crippen LogP contribution in [0.4, 0.5) is 0 Å². The minimum atomic E-state index is 0.235. The van der Waals surface area contributed by atoms with E-state index < -0.39 is 0 Å². The monoisotopic (exact) mass is 235 g/mol. The molecule has 17 heavy (non-hydrogen) atoms. The molecule has 2 rings (SSSR count). The van der Waals surface area contributed by atoms with E-state index in [4.69, 9.17) is 0 Å². The third-order valence-electron chi connectivity index (χ3n) is 3.44. The highest BCUT2D eigenvalue weighted by Crippen LogP contribution is 2.22. The van der Waals surface area contributed by atoms with Crippen LogP contribution in [-0.4, -0.2) is 22.4 Å². The van der Waals surface area contributed by atoms with Crippen molar-refractivity contribution in [2.75, 3.05) is 6.54 Å². The number of nitrogens with zero attached hydrogens (tertiary/aromatic N) is 1. The molecule has 0 saturated heterocycles. The summed E-state index contributed by atoms with van der Waals surface area (Å²) in [5, 5.41) is 3.02. The maximum Gasteiger partial charge on any atom is 0.223 e. The van der Waals surface area contributed by atoms with Crippen LogP contribution in [0.3, 0.4) is 0 Å². The van der Waals surface area contributed by atoms with E-state index in [1.807, 2.05) is 6.20 Å². The molecule has 0 atom stereocenters. The van der Waals surface area contributed by atoms with Crippen LogP contribution in [0.15, 0.2) is 12.4 Å². The molecule has 1 fully saturated rings. The zero-order chi connectivity index (χ0) is 11.9. The molecule has 1 saturated carbocycles. The predicted octanol–water partition coefficient (Wildman–Crippen LogP) is 2.04. The van der Waals surface area contributed by atoms with E-state index >= 15 is 0 Å². The van der Waals surface area contributed by atoms with E-state index in [-0.39, 0.29) is 11.8 Å². The molecular weight excluding hydrogens is 214 g/mol. The summed E-state index contributed by atoms with van der Waals surface area (Å²) in [6.45, 7) is 0.683. The molecule has 1 aliphatic carbocycles. The van der Waals surface area contributed by atoms with Crippen molar-refractivity contribution >= 4 is 5.91 Å². The summed E-state index contributed by atoms with van der Waals surface area (Å²) in [6.07, 6.45) is 11.4. The summed E-state index contributed by atoms with van der Waals surface area (Å²) < 4.78 is 0. The first-order chi connectivity index (χ1) is 8.36. The summed E-state index contributed by atoms with van der Waals surface area (Å²) in [6, 6.07) is 0. The highest BCUT2D eigenvalue weighted by Gasteiger charge is 2.19. The lowest BCUT2D eigenvalue weighted by molar-refractivity contribution is -0.125. The van der Waals surface area contributed by atoms with E-state index in [0.717, 1.165) is 25.1 Å². The Kier molecular flexibility index (Phi) is 4.59. The Bertz CT molecular complexity index is 326. The summed E-state index contributed by atoms with van der Waals surface area (Å²) in [7, 11) is 0. The maximum absolute atomic E-state index is 11.9. The van der Waals surface area contributed by atoms with Crippen LogP contribution >= 0.6 is 0 Å². The Labute approximate surface area is 102 Å². The third kappa shape index (κ3) is 3.88. The molecule has 2 N–H and O–H groups in total. The summed E-state index contributed by atoms with van der Waals surface area (Å²) in [4.78, 5) is 19.1. The Morgan fingerprint density at radius 1 is 1.35 bits per heavy atom. The lowest BCUT2D eigenvalue weighted by Crippen LogP contribution is -2.32. The van der Waals surface area contributed by atoms with Gasteiger partial charge < -0.3 is 10.3 Å². The van der Waals surface area contributed by atoms with Gasteiger partial charge >= 0.3 is 0 Å². The number of aromatic nitrogens is 2. The van der Waals surface area contributed by atoms with Gasteiger partial charge in [0.25, 0.3) is 0 Å². The van der Waals surface area contributed by atoms with Gasteiger partial charge in [-0.1, -0.05) is 25.7 Å². The van der Waals surface area contributed by atoms with Gasteiger partial charge in [0.2, 0.25) is 5.91 Å². The van der Waals surface area contributed by atoms with Crippen LogP contribution in [0.2, 0.25) is 0 Å². The molecule has 0 bridgehead atoms. The number of carbonyl (C=O) groups excluding carboxylic acids is 1. The maximum atomic E-state index is 11.9. The minimum Gasteiger partial charge on any atom is -0.355 e. The average Bonchev–Trinajstić information content (AvgIpc) is 2.69. The molecule has 0 spiro atoms. The molecule has 0 radical (unpaired) electrons. The fraction of sp³-hybridized carbons (Fsp3) is 0.692. The van der Waals surface area contributed by atoms with Crippen molar-refractivity contribution in [2.45, 2.75) is 44.9 Å². The molecule has 4 nitrogen and oxygen atoms in total. The molecule has 1 aromatic rings. The van der Waals surface area contributed by atoms with E-state index in [1.165, 1.54) is 25.7 Å². The number of rotatable bonds is 4. The topological polar surface area (TPSA) is 57.8 Å². The molecule has 1 amide bonds. The molecule has 1 aromatic heterocycles. The van der Waals surface area contributed by atoms with Crippen LogP contribution in [0.25, 0.3) is 0 Å². The highest BCUT2D eigenvalue weighted by molar-refractivity contribution is 5.78. The van der Waals surface area contributed by atoms with Crippen LogP contribution in [0.1, 0.15) is 44.3 Å². The van der Waals surface area contributed by atoms with E-state index in [0.29, 0.717) is 6.54 Å². The van der Waals surface area contributed by atoms with Crippen molar-refractivity contribution < 1.29 is 4.79 Å². The molecule has 1 aliphatic rings. The average molecular weight is 235 g/mol. The fourth-order valence-electron chi connectivity index (χ4n) is 2.42. The van der Waals surface area contributed by atoms with Gasteiger partial charge in [0.15, 0.2) is 0 Å². The molecule has 0 aromatic carbocycles. The molecule has 0 unspecified atom stereocenters. The number of hydrogen-bond acceptors (Lipinski definition) is 2. The highest BCUT2D eigenvalue weighted by atomic mass is 16.1.